The van der Waals surface area contributed by atoms with Crippen molar-refractivity contribution in [3.8, 4) is 6.07 Å². The summed E-state index contributed by atoms with van der Waals surface area (Å²) in [4.78, 5) is 0. The van der Waals surface area contributed by atoms with E-state index in [1.807, 2.05) is 0 Å². The van der Waals surface area contributed by atoms with Gasteiger partial charge in [-0.15, -0.1) is 0 Å². The molecule has 0 unspecified atom stereocenters. The van der Waals surface area contributed by atoms with Gasteiger partial charge >= 0.3 is 0 Å². The van der Waals surface area contributed by atoms with Crippen LogP contribution in [0.25, 0.3) is 0 Å². The molecule has 0 saturated heterocycles. The number of nitriles is 1. The molecule has 0 radical (unpaired) electrons. The molecule has 0 atom stereocenters. The summed E-state index contributed by atoms with van der Waals surface area (Å²) >= 11 is 5.52. The lowest BCUT2D eigenvalue weighted by Crippen LogP contribution is -1.92. The molecule has 0 spiro atoms. The minimum atomic E-state index is -0.931. The highest BCUT2D eigenvalue weighted by Gasteiger charge is 2.11. The van der Waals surface area contributed by atoms with Crippen LogP contribution >= 0.6 is 11.6 Å². The summed E-state index contributed by atoms with van der Waals surface area (Å²) in [7, 11) is 0. The van der Waals surface area contributed by atoms with Gasteiger partial charge in [-0.05, 0) is 12.1 Å². The zero-order valence-electron chi connectivity index (χ0n) is 5.94. The molecule has 1 aromatic carbocycles. The lowest BCUT2D eigenvalue weighted by molar-refractivity contribution is 0.481. The van der Waals surface area contributed by atoms with Crippen molar-refractivity contribution in [3.63, 3.8) is 0 Å². The summed E-state index contributed by atoms with van der Waals surface area (Å²) in [6.45, 7) is -0.931. The second kappa shape index (κ2) is 3.51. The van der Waals surface area contributed by atoms with E-state index in [0.717, 1.165) is 6.07 Å². The summed E-state index contributed by atoms with van der Waals surface area (Å²) in [5.41, 5.74) is -0.399. The average molecular weight is 188 g/mol. The molecule has 0 aliphatic carbocycles. The van der Waals surface area contributed by atoms with Crippen LogP contribution in [0.1, 0.15) is 11.1 Å². The van der Waals surface area contributed by atoms with Gasteiger partial charge in [0, 0.05) is 10.6 Å². The van der Waals surface area contributed by atoms with E-state index < -0.39 is 12.5 Å². The fraction of sp³-hybridized carbons (Fsp3) is 0.125. The Morgan fingerprint density at radius 3 is 2.58 bits per heavy atom. The molecule has 0 fully saturated rings. The fourth-order valence-corrected chi connectivity index (χ4v) is 1.05. The zero-order chi connectivity index (χ0) is 9.14. The van der Waals surface area contributed by atoms with Crippen molar-refractivity contribution in [2.24, 2.45) is 0 Å². The van der Waals surface area contributed by atoms with E-state index in [9.17, 15) is 8.78 Å². The molecule has 4 heteroatoms. The maximum absolute atomic E-state index is 12.8. The predicted molar refractivity (Wildman–Crippen MR) is 40.9 cm³/mol. The van der Waals surface area contributed by atoms with Gasteiger partial charge in [0.05, 0.1) is 5.56 Å². The highest BCUT2D eigenvalue weighted by atomic mass is 35.5. The molecule has 0 amide bonds. The molecular weight excluding hydrogens is 184 g/mol. The second-order valence-electron chi connectivity index (χ2n) is 2.13. The molecule has 0 N–H and O–H groups in total. The number of nitrogens with zero attached hydrogens (tertiary/aromatic N) is 1. The Hall–Kier alpha value is -1.14. The predicted octanol–water partition coefficient (Wildman–Crippen LogP) is 2.82. The van der Waals surface area contributed by atoms with Crippen molar-refractivity contribution < 1.29 is 8.78 Å². The standard InChI is InChI=1S/C8H4ClF2N/c9-7-1-2-8(11)6(4-12)5(7)3-10/h1-2H,3H2. The topological polar surface area (TPSA) is 23.8 Å². The van der Waals surface area contributed by atoms with Gasteiger partial charge in [0.1, 0.15) is 18.6 Å². The van der Waals surface area contributed by atoms with Crippen LogP contribution in [-0.2, 0) is 6.67 Å². The first-order valence-electron chi connectivity index (χ1n) is 3.13. The van der Waals surface area contributed by atoms with Gasteiger partial charge in [-0.1, -0.05) is 11.6 Å². The van der Waals surface area contributed by atoms with Crippen LogP contribution in [0.5, 0.6) is 0 Å². The number of alkyl halides is 1. The van der Waals surface area contributed by atoms with E-state index in [2.05, 4.69) is 0 Å². The summed E-state index contributed by atoms with van der Waals surface area (Å²) in [6, 6.07) is 3.83. The number of halogens is 3. The lowest BCUT2D eigenvalue weighted by Gasteiger charge is -2.01. The Morgan fingerprint density at radius 2 is 2.17 bits per heavy atom. The Balaban J connectivity index is 3.41. The summed E-state index contributed by atoms with van der Waals surface area (Å²) in [5.74, 6) is -0.741. The second-order valence-corrected chi connectivity index (χ2v) is 2.54. The largest absolute Gasteiger partial charge is 0.246 e. The Bertz CT molecular complexity index is 344. The number of hydrogen-bond donors (Lipinski definition) is 0. The highest BCUT2D eigenvalue weighted by molar-refractivity contribution is 6.31. The molecule has 0 bridgehead atoms. The van der Waals surface area contributed by atoms with Gasteiger partial charge in [-0.25, -0.2) is 8.78 Å². The quantitative estimate of drug-likeness (QED) is 0.663. The van der Waals surface area contributed by atoms with E-state index >= 15 is 0 Å². The Labute approximate surface area is 73.2 Å². The van der Waals surface area contributed by atoms with Gasteiger partial charge < -0.3 is 0 Å². The molecule has 1 aromatic rings. The minimum absolute atomic E-state index is 0.0791. The maximum Gasteiger partial charge on any atom is 0.141 e. The van der Waals surface area contributed by atoms with Crippen molar-refractivity contribution >= 4 is 11.6 Å². The van der Waals surface area contributed by atoms with Crippen LogP contribution in [0.15, 0.2) is 12.1 Å². The molecule has 0 aromatic heterocycles. The average Bonchev–Trinajstić information content (AvgIpc) is 2.08. The molecule has 0 aliphatic heterocycles. The summed E-state index contributed by atoms with van der Waals surface area (Å²) in [5, 5.41) is 8.52. The third kappa shape index (κ3) is 1.39. The normalized spacial score (nSPS) is 9.50. The van der Waals surface area contributed by atoms with Crippen molar-refractivity contribution in [1.82, 2.24) is 0 Å². The lowest BCUT2D eigenvalue weighted by atomic mass is 10.1. The van der Waals surface area contributed by atoms with Crippen molar-refractivity contribution in [2.75, 3.05) is 0 Å². The van der Waals surface area contributed by atoms with Crippen LogP contribution < -0.4 is 0 Å². The first kappa shape index (κ1) is 8.95. The Morgan fingerprint density at radius 1 is 1.50 bits per heavy atom. The van der Waals surface area contributed by atoms with E-state index in [4.69, 9.17) is 16.9 Å². The van der Waals surface area contributed by atoms with E-state index in [-0.39, 0.29) is 16.1 Å². The first-order chi connectivity index (χ1) is 5.70. The van der Waals surface area contributed by atoms with Gasteiger partial charge in [0.2, 0.25) is 0 Å². The van der Waals surface area contributed by atoms with Crippen molar-refractivity contribution in [1.29, 1.82) is 5.26 Å². The molecular formula is C8H4ClF2N. The third-order valence-corrected chi connectivity index (χ3v) is 1.80. The van der Waals surface area contributed by atoms with Crippen LogP contribution in [0, 0.1) is 17.1 Å². The maximum atomic E-state index is 12.8. The first-order valence-corrected chi connectivity index (χ1v) is 3.51. The van der Waals surface area contributed by atoms with E-state index in [1.165, 1.54) is 6.07 Å². The number of benzene rings is 1. The molecule has 0 aliphatic rings. The summed E-state index contributed by atoms with van der Waals surface area (Å²) in [6.07, 6.45) is 0. The molecule has 1 nitrogen and oxygen atoms in total. The van der Waals surface area contributed by atoms with E-state index in [0.29, 0.717) is 0 Å². The van der Waals surface area contributed by atoms with Crippen LogP contribution in [-0.4, -0.2) is 0 Å². The molecule has 0 heterocycles. The van der Waals surface area contributed by atoms with E-state index in [1.54, 1.807) is 6.07 Å². The van der Waals surface area contributed by atoms with Gasteiger partial charge in [0.15, 0.2) is 0 Å². The smallest absolute Gasteiger partial charge is 0.141 e. The SMILES string of the molecule is N#Cc1c(F)ccc(Cl)c1CF. The Kier molecular flexibility index (Phi) is 2.61. The number of hydrogen-bond acceptors (Lipinski definition) is 1. The third-order valence-electron chi connectivity index (χ3n) is 1.45. The zero-order valence-corrected chi connectivity index (χ0v) is 6.70. The van der Waals surface area contributed by atoms with Gasteiger partial charge in [-0.2, -0.15) is 5.26 Å². The van der Waals surface area contributed by atoms with Crippen LogP contribution in [0.2, 0.25) is 5.02 Å². The van der Waals surface area contributed by atoms with Gasteiger partial charge in [-0.3, -0.25) is 0 Å². The van der Waals surface area contributed by atoms with Gasteiger partial charge in [0.25, 0.3) is 0 Å². The highest BCUT2D eigenvalue weighted by Crippen LogP contribution is 2.22. The fourth-order valence-electron chi connectivity index (χ4n) is 0.845. The van der Waals surface area contributed by atoms with Crippen LogP contribution in [0.4, 0.5) is 8.78 Å². The van der Waals surface area contributed by atoms with Crippen molar-refractivity contribution in [2.45, 2.75) is 6.67 Å². The number of rotatable bonds is 1. The minimum Gasteiger partial charge on any atom is -0.246 e. The molecule has 0 saturated carbocycles. The molecule has 1 rings (SSSR count). The monoisotopic (exact) mass is 187 g/mol. The molecule has 12 heavy (non-hydrogen) atoms. The van der Waals surface area contributed by atoms with Crippen molar-refractivity contribution in [3.05, 3.63) is 34.1 Å². The summed E-state index contributed by atoms with van der Waals surface area (Å²) < 4.78 is 25.0. The molecule has 62 valence electrons. The van der Waals surface area contributed by atoms with Crippen LogP contribution in [0.3, 0.4) is 0 Å².